The van der Waals surface area contributed by atoms with E-state index in [1.165, 1.54) is 27.6 Å². The fourth-order valence-electron chi connectivity index (χ4n) is 5.44. The number of nitrogens with zero attached hydrogens (tertiary/aromatic N) is 3. The number of rotatable bonds is 11. The van der Waals surface area contributed by atoms with Crippen molar-refractivity contribution >= 4 is 17.0 Å². The summed E-state index contributed by atoms with van der Waals surface area (Å²) in [6, 6.07) is 15.2. The average Bonchev–Trinajstić information content (AvgIpc) is 3.59. The van der Waals surface area contributed by atoms with E-state index in [0.717, 1.165) is 94.2 Å². The summed E-state index contributed by atoms with van der Waals surface area (Å²) in [4.78, 5) is 15.2. The molecule has 6 nitrogen and oxygen atoms in total. The van der Waals surface area contributed by atoms with E-state index < -0.39 is 0 Å². The summed E-state index contributed by atoms with van der Waals surface area (Å²) in [6.45, 7) is 5.25. The van der Waals surface area contributed by atoms with Crippen molar-refractivity contribution in [3.63, 3.8) is 0 Å². The summed E-state index contributed by atoms with van der Waals surface area (Å²) < 4.78 is 11.5. The van der Waals surface area contributed by atoms with Crippen LogP contribution >= 0.6 is 0 Å². The number of aryl methyl sites for hydroxylation is 4. The van der Waals surface area contributed by atoms with Gasteiger partial charge in [-0.2, -0.15) is 0 Å². The van der Waals surface area contributed by atoms with Crippen LogP contribution in [0.15, 0.2) is 60.9 Å². The van der Waals surface area contributed by atoms with Crippen LogP contribution in [0, 0.1) is 0 Å². The van der Waals surface area contributed by atoms with Crippen LogP contribution in [0.4, 0.5) is 0 Å². The molecular formula is C32H36N4O2. The van der Waals surface area contributed by atoms with Crippen LogP contribution in [-0.2, 0) is 36.8 Å². The highest BCUT2D eigenvalue weighted by atomic mass is 16.5. The van der Waals surface area contributed by atoms with E-state index in [1.807, 2.05) is 6.20 Å². The Labute approximate surface area is 224 Å². The summed E-state index contributed by atoms with van der Waals surface area (Å²) in [6.07, 6.45) is 14.4. The van der Waals surface area contributed by atoms with Gasteiger partial charge in [0, 0.05) is 55.0 Å². The molecule has 2 aliphatic rings. The van der Waals surface area contributed by atoms with Gasteiger partial charge in [0.2, 0.25) is 0 Å². The molecule has 196 valence electrons. The van der Waals surface area contributed by atoms with Gasteiger partial charge >= 0.3 is 0 Å². The predicted molar refractivity (Wildman–Crippen MR) is 152 cm³/mol. The number of fused-ring (bicyclic) bond motifs is 2. The second-order valence-corrected chi connectivity index (χ2v) is 10.3. The van der Waals surface area contributed by atoms with Gasteiger partial charge in [-0.1, -0.05) is 30.4 Å². The van der Waals surface area contributed by atoms with Gasteiger partial charge in [0.15, 0.2) is 0 Å². The molecule has 1 N–H and O–H groups in total. The normalized spacial score (nSPS) is 15.3. The third-order valence-electron chi connectivity index (χ3n) is 7.64. The maximum atomic E-state index is 6.09. The molecule has 2 aromatic carbocycles. The Morgan fingerprint density at radius 1 is 0.974 bits per heavy atom. The standard InChI is InChI=1S/C32H36N4O2/c1-3-25-9-7-24(21-26(25)4-1)8-10-28-13-14-33-32(35-28)6-2-5-27-23-34-31-12-11-29(22-30(27)31)38-20-17-36-15-18-37-19-16-36/h1,4,7,9,11-14,21-23,34H,2-3,5-6,8,10,15-20H2. The van der Waals surface area contributed by atoms with Crippen molar-refractivity contribution in [2.24, 2.45) is 0 Å². The molecule has 6 rings (SSSR count). The molecule has 6 heteroatoms. The van der Waals surface area contributed by atoms with Gasteiger partial charge in [-0.15, -0.1) is 0 Å². The number of nitrogens with one attached hydrogen (secondary N) is 1. The maximum absolute atomic E-state index is 6.09. The molecule has 0 spiro atoms. The monoisotopic (exact) mass is 508 g/mol. The van der Waals surface area contributed by atoms with Crippen molar-refractivity contribution < 1.29 is 9.47 Å². The quantitative estimate of drug-likeness (QED) is 0.302. The van der Waals surface area contributed by atoms with Crippen LogP contribution in [-0.4, -0.2) is 59.3 Å². The lowest BCUT2D eigenvalue weighted by Crippen LogP contribution is -2.38. The lowest BCUT2D eigenvalue weighted by atomic mass is 10.0. The first kappa shape index (κ1) is 24.8. The number of allylic oxidation sites excluding steroid dienone is 1. The SMILES string of the molecule is C1=Cc2cc(CCc3ccnc(CCCc4c[nH]c5ccc(OCCN6CCOCC6)cc45)n3)ccc2C1. The number of ether oxygens (including phenoxy) is 2. The zero-order valence-electron chi connectivity index (χ0n) is 22.0. The molecule has 0 radical (unpaired) electrons. The first-order chi connectivity index (χ1) is 18.8. The molecule has 1 saturated heterocycles. The Morgan fingerprint density at radius 2 is 1.92 bits per heavy atom. The van der Waals surface area contributed by atoms with E-state index in [4.69, 9.17) is 14.5 Å². The molecule has 4 aromatic rings. The zero-order chi connectivity index (χ0) is 25.6. The molecule has 3 heterocycles. The summed E-state index contributed by atoms with van der Waals surface area (Å²) in [7, 11) is 0. The van der Waals surface area contributed by atoms with Crippen molar-refractivity contribution in [1.29, 1.82) is 0 Å². The highest BCUT2D eigenvalue weighted by Gasteiger charge is 2.11. The minimum atomic E-state index is 0.697. The van der Waals surface area contributed by atoms with Gasteiger partial charge in [-0.05, 0) is 78.6 Å². The Kier molecular flexibility index (Phi) is 7.79. The van der Waals surface area contributed by atoms with E-state index in [-0.39, 0.29) is 0 Å². The second-order valence-electron chi connectivity index (χ2n) is 10.3. The van der Waals surface area contributed by atoms with Crippen molar-refractivity contribution in [3.05, 3.63) is 94.7 Å². The van der Waals surface area contributed by atoms with Gasteiger partial charge in [0.25, 0.3) is 0 Å². The third kappa shape index (κ3) is 6.14. The molecule has 1 fully saturated rings. The first-order valence-corrected chi connectivity index (χ1v) is 13.9. The number of benzene rings is 2. The largest absolute Gasteiger partial charge is 0.492 e. The smallest absolute Gasteiger partial charge is 0.128 e. The van der Waals surface area contributed by atoms with E-state index in [1.54, 1.807) is 0 Å². The van der Waals surface area contributed by atoms with Crippen LogP contribution in [0.1, 0.15) is 40.2 Å². The average molecular weight is 509 g/mol. The van der Waals surface area contributed by atoms with Crippen molar-refractivity contribution in [2.75, 3.05) is 39.5 Å². The van der Waals surface area contributed by atoms with Crippen LogP contribution in [0.5, 0.6) is 5.75 Å². The predicted octanol–water partition coefficient (Wildman–Crippen LogP) is 5.20. The molecular weight excluding hydrogens is 472 g/mol. The molecule has 2 aromatic heterocycles. The highest BCUT2D eigenvalue weighted by Crippen LogP contribution is 2.25. The maximum Gasteiger partial charge on any atom is 0.128 e. The molecule has 0 atom stereocenters. The summed E-state index contributed by atoms with van der Waals surface area (Å²) in [5.74, 6) is 1.87. The minimum Gasteiger partial charge on any atom is -0.492 e. The molecule has 0 bridgehead atoms. The first-order valence-electron chi connectivity index (χ1n) is 13.9. The Bertz CT molecular complexity index is 1400. The zero-order valence-corrected chi connectivity index (χ0v) is 22.0. The number of morpholine rings is 1. The van der Waals surface area contributed by atoms with Crippen LogP contribution in [0.3, 0.4) is 0 Å². The Hall–Kier alpha value is -3.48. The van der Waals surface area contributed by atoms with Crippen molar-refractivity contribution in [1.82, 2.24) is 19.9 Å². The number of aromatic nitrogens is 3. The summed E-state index contributed by atoms with van der Waals surface area (Å²) in [5.41, 5.74) is 7.77. The second kappa shape index (κ2) is 11.9. The fraction of sp³-hybridized carbons (Fsp3) is 0.375. The number of hydrogen-bond donors (Lipinski definition) is 1. The van der Waals surface area contributed by atoms with Gasteiger partial charge in [-0.3, -0.25) is 4.90 Å². The summed E-state index contributed by atoms with van der Waals surface area (Å²) >= 11 is 0. The molecule has 0 amide bonds. The molecule has 0 unspecified atom stereocenters. The number of hydrogen-bond acceptors (Lipinski definition) is 5. The lowest BCUT2D eigenvalue weighted by molar-refractivity contribution is 0.0322. The number of H-pyrrole nitrogens is 1. The van der Waals surface area contributed by atoms with E-state index in [9.17, 15) is 0 Å². The minimum absolute atomic E-state index is 0.697. The molecule has 1 aliphatic carbocycles. The number of aromatic amines is 1. The lowest BCUT2D eigenvalue weighted by Gasteiger charge is -2.26. The Balaban J connectivity index is 1.00. The molecule has 38 heavy (non-hydrogen) atoms. The highest BCUT2D eigenvalue weighted by molar-refractivity contribution is 5.84. The van der Waals surface area contributed by atoms with Gasteiger partial charge in [0.05, 0.1) is 13.2 Å². The van der Waals surface area contributed by atoms with Crippen molar-refractivity contribution in [2.45, 2.75) is 38.5 Å². The summed E-state index contributed by atoms with van der Waals surface area (Å²) in [5, 5.41) is 1.24. The third-order valence-corrected chi connectivity index (χ3v) is 7.64. The Morgan fingerprint density at radius 3 is 2.87 bits per heavy atom. The van der Waals surface area contributed by atoms with Gasteiger partial charge in [0.1, 0.15) is 18.2 Å². The van der Waals surface area contributed by atoms with E-state index in [0.29, 0.717) is 6.61 Å². The molecule has 0 saturated carbocycles. The van der Waals surface area contributed by atoms with Crippen LogP contribution in [0.2, 0.25) is 0 Å². The molecule has 1 aliphatic heterocycles. The topological polar surface area (TPSA) is 63.3 Å². The fourth-order valence-corrected chi connectivity index (χ4v) is 5.44. The van der Waals surface area contributed by atoms with Gasteiger partial charge in [-0.25, -0.2) is 9.97 Å². The van der Waals surface area contributed by atoms with E-state index >= 15 is 0 Å². The van der Waals surface area contributed by atoms with Gasteiger partial charge < -0.3 is 14.5 Å². The van der Waals surface area contributed by atoms with Crippen LogP contribution < -0.4 is 4.74 Å². The van der Waals surface area contributed by atoms with Crippen LogP contribution in [0.25, 0.3) is 17.0 Å². The van der Waals surface area contributed by atoms with E-state index in [2.05, 4.69) is 75.7 Å². The van der Waals surface area contributed by atoms with Crippen molar-refractivity contribution in [3.8, 4) is 5.75 Å².